The summed E-state index contributed by atoms with van der Waals surface area (Å²) < 4.78 is 6.37. The molecule has 0 fully saturated rings. The van der Waals surface area contributed by atoms with E-state index in [2.05, 4.69) is 168 Å². The topological polar surface area (TPSA) is 29.3 Å². The quantitative estimate of drug-likeness (QED) is 0.187. The largest absolute Gasteiger partial charge is 0.456 e. The summed E-state index contributed by atoms with van der Waals surface area (Å²) in [5.74, 6) is 0. The van der Waals surface area contributed by atoms with E-state index in [0.29, 0.717) is 0 Å². The molecule has 0 radical (unpaired) electrons. The molecule has 2 aromatic heterocycles. The number of pyridine rings is 1. The third kappa shape index (κ3) is 4.90. The molecule has 0 aliphatic rings. The minimum Gasteiger partial charge on any atom is -0.456 e. The lowest BCUT2D eigenvalue weighted by atomic mass is 9.94. The van der Waals surface area contributed by atoms with Gasteiger partial charge in [-0.3, -0.25) is 4.98 Å². The van der Waals surface area contributed by atoms with E-state index in [1.165, 1.54) is 22.3 Å². The van der Waals surface area contributed by atoms with Crippen LogP contribution in [-0.4, -0.2) is 4.98 Å². The minimum atomic E-state index is 0.881. The lowest BCUT2D eigenvalue weighted by Crippen LogP contribution is -2.10. The van der Waals surface area contributed by atoms with Crippen LogP contribution >= 0.6 is 0 Å². The van der Waals surface area contributed by atoms with E-state index in [1.807, 2.05) is 24.5 Å². The number of benzene rings is 7. The number of aromatic nitrogens is 1. The van der Waals surface area contributed by atoms with Crippen molar-refractivity contribution in [3.05, 3.63) is 182 Å². The van der Waals surface area contributed by atoms with Crippen LogP contribution < -0.4 is 4.90 Å². The Morgan fingerprint density at radius 1 is 0.417 bits per heavy atom. The first-order chi connectivity index (χ1) is 23.8. The van der Waals surface area contributed by atoms with Gasteiger partial charge >= 0.3 is 0 Å². The predicted octanol–water partition coefficient (Wildman–Crippen LogP) is 12.6. The summed E-state index contributed by atoms with van der Waals surface area (Å²) in [5, 5.41) is 4.43. The maximum absolute atomic E-state index is 6.37. The van der Waals surface area contributed by atoms with Crippen LogP contribution in [0.3, 0.4) is 0 Å². The zero-order valence-electron chi connectivity index (χ0n) is 26.1. The molecule has 0 saturated carbocycles. The number of nitrogens with zero attached hydrogens (tertiary/aromatic N) is 2. The average Bonchev–Trinajstić information content (AvgIpc) is 3.53. The van der Waals surface area contributed by atoms with Gasteiger partial charge in [-0.25, -0.2) is 0 Å². The fourth-order valence-corrected chi connectivity index (χ4v) is 6.87. The molecule has 0 aliphatic carbocycles. The van der Waals surface area contributed by atoms with Crippen LogP contribution in [-0.2, 0) is 0 Å². The highest BCUT2D eigenvalue weighted by Gasteiger charge is 2.19. The highest BCUT2D eigenvalue weighted by molar-refractivity contribution is 6.20. The summed E-state index contributed by atoms with van der Waals surface area (Å²) in [6.45, 7) is 0. The van der Waals surface area contributed by atoms with Crippen molar-refractivity contribution in [2.45, 2.75) is 0 Å². The van der Waals surface area contributed by atoms with Crippen LogP contribution in [0.25, 0.3) is 66.1 Å². The second-order valence-electron chi connectivity index (χ2n) is 12.0. The normalized spacial score (nSPS) is 11.3. The van der Waals surface area contributed by atoms with Crippen LogP contribution in [0.5, 0.6) is 0 Å². The van der Waals surface area contributed by atoms with E-state index in [4.69, 9.17) is 4.42 Å². The molecule has 3 heteroatoms. The summed E-state index contributed by atoms with van der Waals surface area (Å²) in [4.78, 5) is 6.87. The zero-order chi connectivity index (χ0) is 31.9. The van der Waals surface area contributed by atoms with Crippen LogP contribution in [0.15, 0.2) is 187 Å². The molecule has 2 heterocycles. The Morgan fingerprint density at radius 2 is 1.02 bits per heavy atom. The van der Waals surface area contributed by atoms with Gasteiger partial charge in [-0.1, -0.05) is 115 Å². The molecule has 0 atom stereocenters. The molecule has 7 aromatic carbocycles. The summed E-state index contributed by atoms with van der Waals surface area (Å²) in [6.07, 6.45) is 3.81. The Morgan fingerprint density at radius 3 is 1.69 bits per heavy atom. The first-order valence-corrected chi connectivity index (χ1v) is 16.2. The van der Waals surface area contributed by atoms with Crippen molar-refractivity contribution < 1.29 is 4.42 Å². The fraction of sp³-hybridized carbons (Fsp3) is 0. The van der Waals surface area contributed by atoms with E-state index in [1.54, 1.807) is 0 Å². The number of hydrogen-bond donors (Lipinski definition) is 0. The van der Waals surface area contributed by atoms with Gasteiger partial charge in [-0.15, -0.1) is 0 Å². The Hall–Kier alpha value is -6.45. The zero-order valence-corrected chi connectivity index (χ0v) is 26.1. The van der Waals surface area contributed by atoms with Gasteiger partial charge in [-0.05, 0) is 87.8 Å². The predicted molar refractivity (Wildman–Crippen MR) is 200 cm³/mol. The molecule has 48 heavy (non-hydrogen) atoms. The van der Waals surface area contributed by atoms with Crippen molar-refractivity contribution in [2.75, 3.05) is 4.90 Å². The molecular weight excluding hydrogens is 585 g/mol. The number of para-hydroxylation sites is 1. The maximum Gasteiger partial charge on any atom is 0.136 e. The Bertz CT molecular complexity index is 2470. The monoisotopic (exact) mass is 614 g/mol. The Balaban J connectivity index is 1.22. The van der Waals surface area contributed by atoms with Crippen molar-refractivity contribution >= 4 is 49.8 Å². The van der Waals surface area contributed by atoms with Gasteiger partial charge in [0.2, 0.25) is 0 Å². The van der Waals surface area contributed by atoms with Crippen molar-refractivity contribution in [1.82, 2.24) is 4.98 Å². The first kappa shape index (κ1) is 27.8. The van der Waals surface area contributed by atoms with Crippen LogP contribution in [0.2, 0.25) is 0 Å². The van der Waals surface area contributed by atoms with Crippen molar-refractivity contribution in [2.24, 2.45) is 0 Å². The highest BCUT2D eigenvalue weighted by Crippen LogP contribution is 2.43. The Labute approximate surface area is 279 Å². The molecule has 0 bridgehead atoms. The van der Waals surface area contributed by atoms with Crippen LogP contribution in [0.1, 0.15) is 0 Å². The lowest BCUT2D eigenvalue weighted by Gasteiger charge is -2.27. The van der Waals surface area contributed by atoms with E-state index >= 15 is 0 Å². The van der Waals surface area contributed by atoms with Gasteiger partial charge in [0.25, 0.3) is 0 Å². The fourth-order valence-electron chi connectivity index (χ4n) is 6.87. The molecule has 0 spiro atoms. The first-order valence-electron chi connectivity index (χ1n) is 16.2. The molecule has 0 unspecified atom stereocenters. The molecule has 0 aliphatic heterocycles. The minimum absolute atomic E-state index is 0.881. The SMILES string of the molecule is c1ccc(-c2cccc(N(c3ccc(-c4c5cnccc5cc5oc6ccccc6c45)cc3)c3cccc(-c4ccccc4)c3)c2)cc1. The Kier molecular flexibility index (Phi) is 6.80. The van der Waals surface area contributed by atoms with Gasteiger partial charge in [0.15, 0.2) is 0 Å². The third-order valence-electron chi connectivity index (χ3n) is 9.12. The summed E-state index contributed by atoms with van der Waals surface area (Å²) >= 11 is 0. The molecule has 9 aromatic rings. The molecule has 0 N–H and O–H groups in total. The van der Waals surface area contributed by atoms with Crippen LogP contribution in [0.4, 0.5) is 17.1 Å². The van der Waals surface area contributed by atoms with Gasteiger partial charge in [-0.2, -0.15) is 0 Å². The molecule has 9 rings (SSSR count). The molecule has 0 amide bonds. The van der Waals surface area contributed by atoms with E-state index < -0.39 is 0 Å². The van der Waals surface area contributed by atoms with Gasteiger partial charge in [0, 0.05) is 51.2 Å². The number of anilines is 3. The third-order valence-corrected chi connectivity index (χ3v) is 9.12. The number of fused-ring (bicyclic) bond motifs is 4. The van der Waals surface area contributed by atoms with Crippen LogP contribution in [0, 0.1) is 0 Å². The average molecular weight is 615 g/mol. The molecule has 226 valence electrons. The van der Waals surface area contributed by atoms with Gasteiger partial charge < -0.3 is 9.32 Å². The van der Waals surface area contributed by atoms with Gasteiger partial charge in [0.05, 0.1) is 0 Å². The highest BCUT2D eigenvalue weighted by atomic mass is 16.3. The maximum atomic E-state index is 6.37. The van der Waals surface area contributed by atoms with E-state index in [9.17, 15) is 0 Å². The van der Waals surface area contributed by atoms with E-state index in [0.717, 1.165) is 60.9 Å². The van der Waals surface area contributed by atoms with Crippen molar-refractivity contribution in [3.63, 3.8) is 0 Å². The molecular formula is C45H30N2O. The number of rotatable bonds is 6. The summed E-state index contributed by atoms with van der Waals surface area (Å²) in [7, 11) is 0. The number of hydrogen-bond acceptors (Lipinski definition) is 3. The summed E-state index contributed by atoms with van der Waals surface area (Å²) in [5.41, 5.74) is 12.0. The van der Waals surface area contributed by atoms with Crippen molar-refractivity contribution in [3.8, 4) is 33.4 Å². The standard InChI is InChI=1S/C45H30N2O/c1-3-11-31(12-4-1)34-15-9-17-38(27-34)47(39-18-10-16-35(28-39)32-13-5-2-6-14-32)37-23-21-33(22-24-37)44-41-30-46-26-25-36(41)29-43-45(44)40-19-7-8-20-42(40)48-43/h1-30H. The molecule has 3 nitrogen and oxygen atoms in total. The number of furan rings is 1. The van der Waals surface area contributed by atoms with Crippen molar-refractivity contribution in [1.29, 1.82) is 0 Å². The smallest absolute Gasteiger partial charge is 0.136 e. The second kappa shape index (κ2) is 11.7. The van der Waals surface area contributed by atoms with Gasteiger partial charge in [0.1, 0.15) is 11.2 Å². The van der Waals surface area contributed by atoms with E-state index in [-0.39, 0.29) is 0 Å². The lowest BCUT2D eigenvalue weighted by molar-refractivity contribution is 0.669. The second-order valence-corrected chi connectivity index (χ2v) is 12.0. The summed E-state index contributed by atoms with van der Waals surface area (Å²) in [6, 6.07) is 60.0. The molecule has 0 saturated heterocycles.